The Bertz CT molecular complexity index is 915. The summed E-state index contributed by atoms with van der Waals surface area (Å²) in [6.07, 6.45) is 0.727. The van der Waals surface area contributed by atoms with Crippen LogP contribution in [0, 0.1) is 0 Å². The molecule has 0 aliphatic rings. The molecule has 0 aliphatic heterocycles. The van der Waals surface area contributed by atoms with Gasteiger partial charge in [0.25, 0.3) is 5.91 Å². The van der Waals surface area contributed by atoms with E-state index in [2.05, 4.69) is 15.4 Å². The van der Waals surface area contributed by atoms with E-state index < -0.39 is 18.0 Å². The van der Waals surface area contributed by atoms with Crippen molar-refractivity contribution >= 4 is 40.4 Å². The fourth-order valence-electron chi connectivity index (χ4n) is 2.40. The summed E-state index contributed by atoms with van der Waals surface area (Å²) < 4.78 is 6.94. The summed E-state index contributed by atoms with van der Waals surface area (Å²) in [5.74, 6) is -0.321. The van der Waals surface area contributed by atoms with E-state index >= 15 is 0 Å². The maximum absolute atomic E-state index is 12.3. The van der Waals surface area contributed by atoms with Crippen molar-refractivity contribution in [2.75, 3.05) is 5.32 Å². The Balaban J connectivity index is 1.54. The number of rotatable bonds is 7. The zero-order valence-electron chi connectivity index (χ0n) is 15.2. The highest BCUT2D eigenvalue weighted by atomic mass is 32.1. The van der Waals surface area contributed by atoms with Crippen molar-refractivity contribution in [1.82, 2.24) is 14.8 Å². The number of carbonyl (C=O) groups excluding carboxylic acids is 2. The minimum absolute atomic E-state index is 0.0299. The van der Waals surface area contributed by atoms with Crippen LogP contribution in [0.1, 0.15) is 32.5 Å². The number of esters is 1. The molecular formula is C18H20N4O3S2. The van der Waals surface area contributed by atoms with Crippen LogP contribution >= 0.6 is 22.7 Å². The van der Waals surface area contributed by atoms with Crippen LogP contribution in [0.3, 0.4) is 0 Å². The maximum atomic E-state index is 12.3. The summed E-state index contributed by atoms with van der Waals surface area (Å²) in [4.78, 5) is 28.9. The molecule has 0 aliphatic carbocycles. The first-order valence-corrected chi connectivity index (χ1v) is 10.3. The molecule has 1 atom stereocenters. The van der Waals surface area contributed by atoms with Crippen molar-refractivity contribution < 1.29 is 14.3 Å². The van der Waals surface area contributed by atoms with Gasteiger partial charge in [-0.1, -0.05) is 0 Å². The summed E-state index contributed by atoms with van der Waals surface area (Å²) >= 11 is 3.08. The quantitative estimate of drug-likeness (QED) is 0.606. The Kier molecular flexibility index (Phi) is 6.02. The van der Waals surface area contributed by atoms with Crippen molar-refractivity contribution in [2.24, 2.45) is 0 Å². The smallest absolute Gasteiger partial charge is 0.312 e. The largest absolute Gasteiger partial charge is 0.452 e. The second kappa shape index (κ2) is 8.45. The summed E-state index contributed by atoms with van der Waals surface area (Å²) in [6.45, 7) is 5.47. The van der Waals surface area contributed by atoms with Crippen LogP contribution in [-0.4, -0.2) is 32.7 Å². The lowest BCUT2D eigenvalue weighted by molar-refractivity contribution is -0.152. The van der Waals surface area contributed by atoms with Crippen LogP contribution in [0.4, 0.5) is 5.82 Å². The van der Waals surface area contributed by atoms with Crippen molar-refractivity contribution in [3.8, 4) is 10.6 Å². The molecule has 0 unspecified atom stereocenters. The van der Waals surface area contributed by atoms with E-state index in [4.69, 9.17) is 4.74 Å². The van der Waals surface area contributed by atoms with Gasteiger partial charge in [-0.25, -0.2) is 9.67 Å². The van der Waals surface area contributed by atoms with Crippen LogP contribution in [0.15, 0.2) is 34.5 Å². The number of amides is 1. The van der Waals surface area contributed by atoms with Crippen LogP contribution in [-0.2, 0) is 20.7 Å². The SMILES string of the molecule is CC(C)n1nccc1NC(=O)[C@@H](C)OC(=O)Cc1csc(-c2ccsc2)n1. The highest BCUT2D eigenvalue weighted by Crippen LogP contribution is 2.26. The number of nitrogens with one attached hydrogen (secondary N) is 1. The second-order valence-corrected chi connectivity index (χ2v) is 7.85. The van der Waals surface area contributed by atoms with Crippen molar-refractivity contribution in [2.45, 2.75) is 39.3 Å². The Morgan fingerprint density at radius 2 is 2.07 bits per heavy atom. The average molecular weight is 405 g/mol. The van der Waals surface area contributed by atoms with E-state index in [1.54, 1.807) is 35.2 Å². The zero-order valence-corrected chi connectivity index (χ0v) is 16.8. The Morgan fingerprint density at radius 1 is 1.26 bits per heavy atom. The van der Waals surface area contributed by atoms with Crippen LogP contribution < -0.4 is 5.32 Å². The molecule has 27 heavy (non-hydrogen) atoms. The number of nitrogens with zero attached hydrogens (tertiary/aromatic N) is 3. The first kappa shape index (κ1) is 19.2. The summed E-state index contributed by atoms with van der Waals surface area (Å²) in [6, 6.07) is 3.79. The van der Waals surface area contributed by atoms with Gasteiger partial charge in [0.2, 0.25) is 0 Å². The number of thiazole rings is 1. The molecule has 3 rings (SSSR count). The number of hydrogen-bond donors (Lipinski definition) is 1. The molecule has 0 saturated carbocycles. The van der Waals surface area contributed by atoms with Gasteiger partial charge in [0.05, 0.1) is 18.3 Å². The molecule has 1 amide bonds. The zero-order chi connectivity index (χ0) is 19.4. The minimum Gasteiger partial charge on any atom is -0.452 e. The van der Waals surface area contributed by atoms with Gasteiger partial charge in [0.1, 0.15) is 10.8 Å². The summed E-state index contributed by atoms with van der Waals surface area (Å²) in [5, 5.41) is 13.6. The molecule has 3 aromatic rings. The van der Waals surface area contributed by atoms with Gasteiger partial charge in [0.15, 0.2) is 6.10 Å². The molecule has 0 bridgehead atoms. The molecule has 0 radical (unpaired) electrons. The third-order valence-corrected chi connectivity index (χ3v) is 5.36. The highest BCUT2D eigenvalue weighted by molar-refractivity contribution is 7.14. The number of ether oxygens (including phenoxy) is 1. The van der Waals surface area contributed by atoms with E-state index in [1.165, 1.54) is 11.3 Å². The number of thiophene rings is 1. The predicted molar refractivity (Wildman–Crippen MR) is 106 cm³/mol. The lowest BCUT2D eigenvalue weighted by Crippen LogP contribution is -2.31. The van der Waals surface area contributed by atoms with Crippen molar-refractivity contribution in [3.05, 3.63) is 40.2 Å². The molecule has 0 fully saturated rings. The van der Waals surface area contributed by atoms with Gasteiger partial charge in [-0.3, -0.25) is 9.59 Å². The van der Waals surface area contributed by atoms with Gasteiger partial charge in [-0.15, -0.1) is 11.3 Å². The van der Waals surface area contributed by atoms with Crippen LogP contribution in [0.2, 0.25) is 0 Å². The molecule has 142 valence electrons. The molecule has 9 heteroatoms. The minimum atomic E-state index is -0.914. The van der Waals surface area contributed by atoms with Gasteiger partial charge < -0.3 is 10.1 Å². The molecule has 7 nitrogen and oxygen atoms in total. The Morgan fingerprint density at radius 3 is 2.78 bits per heavy atom. The van der Waals surface area contributed by atoms with Crippen molar-refractivity contribution in [1.29, 1.82) is 0 Å². The van der Waals surface area contributed by atoms with Crippen LogP contribution in [0.25, 0.3) is 10.6 Å². The van der Waals surface area contributed by atoms with Gasteiger partial charge in [0, 0.05) is 28.4 Å². The average Bonchev–Trinajstić information content (AvgIpc) is 3.35. The number of anilines is 1. The van der Waals surface area contributed by atoms with E-state index in [0.29, 0.717) is 11.5 Å². The van der Waals surface area contributed by atoms with E-state index in [9.17, 15) is 9.59 Å². The molecule has 3 heterocycles. The van der Waals surface area contributed by atoms with Gasteiger partial charge in [-0.05, 0) is 32.2 Å². The van der Waals surface area contributed by atoms with Crippen molar-refractivity contribution in [3.63, 3.8) is 0 Å². The lowest BCUT2D eigenvalue weighted by atomic mass is 10.3. The normalized spacial score (nSPS) is 12.1. The fourth-order valence-corrected chi connectivity index (χ4v) is 3.93. The topological polar surface area (TPSA) is 86.1 Å². The van der Waals surface area contributed by atoms with E-state index in [1.807, 2.05) is 36.1 Å². The monoisotopic (exact) mass is 404 g/mol. The summed E-state index contributed by atoms with van der Waals surface area (Å²) in [5.41, 5.74) is 1.68. The molecule has 0 aromatic carbocycles. The fraction of sp³-hybridized carbons (Fsp3) is 0.333. The van der Waals surface area contributed by atoms with Gasteiger partial charge in [-0.2, -0.15) is 16.4 Å². The molecule has 1 N–H and O–H groups in total. The molecule has 0 spiro atoms. The predicted octanol–water partition coefficient (Wildman–Crippen LogP) is 3.76. The van der Waals surface area contributed by atoms with Gasteiger partial charge >= 0.3 is 5.97 Å². The first-order chi connectivity index (χ1) is 12.9. The van der Waals surface area contributed by atoms with Crippen LogP contribution in [0.5, 0.6) is 0 Å². The third kappa shape index (κ3) is 4.81. The van der Waals surface area contributed by atoms with E-state index in [0.717, 1.165) is 10.6 Å². The second-order valence-electron chi connectivity index (χ2n) is 6.21. The lowest BCUT2D eigenvalue weighted by Gasteiger charge is -2.15. The van der Waals surface area contributed by atoms with E-state index in [-0.39, 0.29) is 12.5 Å². The Labute approximate surface area is 165 Å². The molecular weight excluding hydrogens is 384 g/mol. The summed E-state index contributed by atoms with van der Waals surface area (Å²) in [7, 11) is 0. The molecule has 0 saturated heterocycles. The highest BCUT2D eigenvalue weighted by Gasteiger charge is 2.20. The number of carbonyl (C=O) groups is 2. The standard InChI is InChI=1S/C18H20N4O3S2/c1-11(2)22-15(4-6-19-22)21-17(24)12(3)25-16(23)8-14-10-27-18(20-14)13-5-7-26-9-13/h4-7,9-12H,8H2,1-3H3,(H,21,24)/t12-/m1/s1. The maximum Gasteiger partial charge on any atom is 0.312 e. The third-order valence-electron chi connectivity index (χ3n) is 3.73. The number of hydrogen-bond acceptors (Lipinski definition) is 7. The first-order valence-electron chi connectivity index (χ1n) is 8.45. The Hall–Kier alpha value is -2.52. The molecule has 3 aromatic heterocycles. The number of aromatic nitrogens is 3.